The van der Waals surface area contributed by atoms with Crippen molar-refractivity contribution < 1.29 is 9.90 Å². The fraction of sp³-hybridized carbons (Fsp3) is 0.0400. The SMILES string of the molecule is O=C(O)c1ccc(Nc2ncc3c(n2)-c2ccc(Cl)cc2C(c2c(Cl)cccc2Br)=NC3)cc1. The molecule has 0 saturated carbocycles. The van der Waals surface area contributed by atoms with Crippen LogP contribution in [0.4, 0.5) is 11.6 Å². The van der Waals surface area contributed by atoms with Crippen LogP contribution in [0, 0.1) is 0 Å². The van der Waals surface area contributed by atoms with E-state index >= 15 is 0 Å². The molecule has 0 fully saturated rings. The Morgan fingerprint density at radius 3 is 2.56 bits per heavy atom. The zero-order valence-electron chi connectivity index (χ0n) is 17.4. The standard InChI is InChI=1S/C25H15BrCl2N4O2/c26-19-2-1-3-20(28)21(19)23-18-10-15(27)6-9-17(18)22-14(11-29-23)12-30-25(32-22)31-16-7-4-13(5-8-16)24(33)34/h1-10,12H,11H2,(H,33,34)(H,30,31,32). The summed E-state index contributed by atoms with van der Waals surface area (Å²) in [6, 6.07) is 17.6. The number of hydrogen-bond acceptors (Lipinski definition) is 5. The molecule has 2 N–H and O–H groups in total. The van der Waals surface area contributed by atoms with Crippen molar-refractivity contribution in [2.75, 3.05) is 5.32 Å². The molecule has 9 heteroatoms. The van der Waals surface area contributed by atoms with Gasteiger partial charge in [0, 0.05) is 43.6 Å². The Balaban J connectivity index is 1.59. The minimum atomic E-state index is -0.982. The first-order chi connectivity index (χ1) is 16.4. The summed E-state index contributed by atoms with van der Waals surface area (Å²) in [5.41, 5.74) is 5.63. The number of hydrogen-bond donors (Lipinski definition) is 2. The molecular weight excluding hydrogens is 539 g/mol. The Morgan fingerprint density at radius 1 is 1.03 bits per heavy atom. The van der Waals surface area contributed by atoms with E-state index in [1.807, 2.05) is 36.4 Å². The van der Waals surface area contributed by atoms with Gasteiger partial charge in [-0.05, 0) is 48.5 Å². The van der Waals surface area contributed by atoms with Crippen LogP contribution >= 0.6 is 39.1 Å². The maximum atomic E-state index is 11.1. The van der Waals surface area contributed by atoms with Crippen molar-refractivity contribution in [1.29, 1.82) is 0 Å². The first kappa shape index (κ1) is 22.5. The maximum Gasteiger partial charge on any atom is 0.335 e. The maximum absolute atomic E-state index is 11.1. The predicted molar refractivity (Wildman–Crippen MR) is 138 cm³/mol. The van der Waals surface area contributed by atoms with Crippen LogP contribution in [0.5, 0.6) is 0 Å². The van der Waals surface area contributed by atoms with Crippen molar-refractivity contribution in [1.82, 2.24) is 9.97 Å². The van der Waals surface area contributed by atoms with E-state index in [1.165, 1.54) is 12.1 Å². The van der Waals surface area contributed by atoms with Crippen LogP contribution in [-0.2, 0) is 6.54 Å². The summed E-state index contributed by atoms with van der Waals surface area (Å²) in [4.78, 5) is 25.2. The third-order valence-corrected chi connectivity index (χ3v) is 6.56. The average Bonchev–Trinajstić information content (AvgIpc) is 2.96. The van der Waals surface area contributed by atoms with Gasteiger partial charge >= 0.3 is 5.97 Å². The van der Waals surface area contributed by atoms with Gasteiger partial charge in [-0.1, -0.05) is 51.3 Å². The first-order valence-corrected chi connectivity index (χ1v) is 11.7. The monoisotopic (exact) mass is 552 g/mol. The molecule has 168 valence electrons. The Bertz CT molecular complexity index is 1450. The molecule has 1 aliphatic rings. The highest BCUT2D eigenvalue weighted by Gasteiger charge is 2.24. The van der Waals surface area contributed by atoms with Gasteiger partial charge in [0.25, 0.3) is 0 Å². The van der Waals surface area contributed by atoms with Crippen LogP contribution in [0.3, 0.4) is 0 Å². The Kier molecular flexibility index (Phi) is 6.08. The van der Waals surface area contributed by atoms with Gasteiger partial charge in [0.05, 0.1) is 28.5 Å². The molecular formula is C25H15BrCl2N4O2. The van der Waals surface area contributed by atoms with Crippen molar-refractivity contribution in [2.45, 2.75) is 6.54 Å². The third-order valence-electron chi connectivity index (χ3n) is 5.35. The molecule has 4 aromatic rings. The molecule has 0 unspecified atom stereocenters. The number of fused-ring (bicyclic) bond motifs is 3. The molecule has 0 atom stereocenters. The second kappa shape index (κ2) is 9.18. The normalized spacial score (nSPS) is 12.3. The number of aliphatic imine (C=N–C) groups is 1. The number of halogens is 3. The fourth-order valence-electron chi connectivity index (χ4n) is 3.75. The van der Waals surface area contributed by atoms with E-state index < -0.39 is 5.97 Å². The van der Waals surface area contributed by atoms with Gasteiger partial charge in [-0.3, -0.25) is 4.99 Å². The number of nitrogens with zero attached hydrogens (tertiary/aromatic N) is 3. The molecule has 0 saturated heterocycles. The summed E-state index contributed by atoms with van der Waals surface area (Å²) in [6.45, 7) is 0.363. The van der Waals surface area contributed by atoms with Crippen molar-refractivity contribution in [3.63, 3.8) is 0 Å². The molecule has 6 nitrogen and oxygen atoms in total. The van der Waals surface area contributed by atoms with Crippen molar-refractivity contribution in [3.05, 3.63) is 104 Å². The third kappa shape index (κ3) is 4.30. The van der Waals surface area contributed by atoms with Gasteiger partial charge in [-0.2, -0.15) is 0 Å². The van der Waals surface area contributed by atoms with E-state index in [4.69, 9.17) is 38.3 Å². The number of aromatic nitrogens is 2. The number of carboxylic acids is 1. The highest BCUT2D eigenvalue weighted by molar-refractivity contribution is 9.10. The average molecular weight is 554 g/mol. The Labute approximate surface area is 213 Å². The highest BCUT2D eigenvalue weighted by Crippen LogP contribution is 2.37. The van der Waals surface area contributed by atoms with Gasteiger partial charge in [-0.15, -0.1) is 0 Å². The van der Waals surface area contributed by atoms with Crippen LogP contribution in [0.2, 0.25) is 10.0 Å². The summed E-state index contributed by atoms with van der Waals surface area (Å²) in [5, 5.41) is 13.4. The number of aromatic carboxylic acids is 1. The van der Waals surface area contributed by atoms with Crippen LogP contribution in [0.25, 0.3) is 11.3 Å². The second-order valence-electron chi connectivity index (χ2n) is 7.53. The minimum absolute atomic E-state index is 0.203. The molecule has 1 aromatic heterocycles. The zero-order valence-corrected chi connectivity index (χ0v) is 20.5. The molecule has 3 aromatic carbocycles. The summed E-state index contributed by atoms with van der Waals surface area (Å²) in [7, 11) is 0. The number of carboxylic acid groups (broad SMARTS) is 1. The smallest absolute Gasteiger partial charge is 0.335 e. The van der Waals surface area contributed by atoms with Gasteiger partial charge in [0.15, 0.2) is 0 Å². The van der Waals surface area contributed by atoms with Gasteiger partial charge in [0.2, 0.25) is 5.95 Å². The zero-order chi connectivity index (χ0) is 23.8. The van der Waals surface area contributed by atoms with Crippen LogP contribution < -0.4 is 5.32 Å². The van der Waals surface area contributed by atoms with E-state index in [0.29, 0.717) is 33.9 Å². The van der Waals surface area contributed by atoms with Crippen molar-refractivity contribution in [3.8, 4) is 11.3 Å². The highest BCUT2D eigenvalue weighted by atomic mass is 79.9. The van der Waals surface area contributed by atoms with Gasteiger partial charge in [0.1, 0.15) is 0 Å². The summed E-state index contributed by atoms with van der Waals surface area (Å²) >= 11 is 16.5. The lowest BCUT2D eigenvalue weighted by Gasteiger charge is -2.14. The molecule has 34 heavy (non-hydrogen) atoms. The van der Waals surface area contributed by atoms with Crippen LogP contribution in [-0.4, -0.2) is 26.8 Å². The molecule has 2 heterocycles. The molecule has 0 bridgehead atoms. The number of carbonyl (C=O) groups is 1. The molecule has 0 radical (unpaired) electrons. The molecule has 0 aliphatic carbocycles. The quantitative estimate of drug-likeness (QED) is 0.284. The fourth-order valence-corrected chi connectivity index (χ4v) is 4.85. The largest absolute Gasteiger partial charge is 0.478 e. The number of rotatable bonds is 4. The molecule has 0 spiro atoms. The summed E-state index contributed by atoms with van der Waals surface area (Å²) in [6.07, 6.45) is 1.74. The number of anilines is 2. The molecule has 1 aliphatic heterocycles. The van der Waals surface area contributed by atoms with E-state index in [1.54, 1.807) is 18.3 Å². The second-order valence-corrected chi connectivity index (χ2v) is 9.22. The minimum Gasteiger partial charge on any atom is -0.478 e. The van der Waals surface area contributed by atoms with Gasteiger partial charge < -0.3 is 10.4 Å². The van der Waals surface area contributed by atoms with Gasteiger partial charge in [-0.25, -0.2) is 14.8 Å². The summed E-state index contributed by atoms with van der Waals surface area (Å²) in [5.74, 6) is -0.603. The van der Waals surface area contributed by atoms with E-state index in [2.05, 4.69) is 26.2 Å². The lowest BCUT2D eigenvalue weighted by Crippen LogP contribution is -2.07. The predicted octanol–water partition coefficient (Wildman–Crippen LogP) is 7.01. The van der Waals surface area contributed by atoms with E-state index in [0.717, 1.165) is 32.4 Å². The molecule has 5 rings (SSSR count). The van der Waals surface area contributed by atoms with Crippen LogP contribution in [0.1, 0.15) is 27.0 Å². The first-order valence-electron chi connectivity index (χ1n) is 10.2. The van der Waals surface area contributed by atoms with Crippen molar-refractivity contribution in [2.24, 2.45) is 4.99 Å². The Hall–Kier alpha value is -3.26. The number of nitrogens with one attached hydrogen (secondary N) is 1. The van der Waals surface area contributed by atoms with E-state index in [9.17, 15) is 4.79 Å². The topological polar surface area (TPSA) is 87.5 Å². The Morgan fingerprint density at radius 2 is 1.82 bits per heavy atom. The molecule has 0 amide bonds. The van der Waals surface area contributed by atoms with Crippen molar-refractivity contribution >= 4 is 62.4 Å². The summed E-state index contributed by atoms with van der Waals surface area (Å²) < 4.78 is 0.828. The lowest BCUT2D eigenvalue weighted by molar-refractivity contribution is 0.0697. The number of benzene rings is 3. The van der Waals surface area contributed by atoms with E-state index in [-0.39, 0.29) is 5.56 Å². The van der Waals surface area contributed by atoms with Crippen LogP contribution in [0.15, 0.2) is 76.3 Å². The lowest BCUT2D eigenvalue weighted by atomic mass is 9.95.